The zero-order valence-electron chi connectivity index (χ0n) is 12.3. The average molecular weight is 422 g/mol. The van der Waals surface area contributed by atoms with Crippen LogP contribution in [0.25, 0.3) is 0 Å². The van der Waals surface area contributed by atoms with Gasteiger partial charge in [0, 0.05) is 18.8 Å². The summed E-state index contributed by atoms with van der Waals surface area (Å²) in [5.74, 6) is -0.428. The molecule has 1 aliphatic rings. The van der Waals surface area contributed by atoms with Crippen molar-refractivity contribution in [3.63, 3.8) is 0 Å². The van der Waals surface area contributed by atoms with Gasteiger partial charge in [-0.05, 0) is 25.1 Å². The lowest BCUT2D eigenvalue weighted by Crippen LogP contribution is -2.48. The van der Waals surface area contributed by atoms with Gasteiger partial charge in [-0.25, -0.2) is 9.38 Å². The van der Waals surface area contributed by atoms with Gasteiger partial charge in [-0.3, -0.25) is 4.79 Å². The third-order valence-corrected chi connectivity index (χ3v) is 3.06. The molecule has 1 saturated heterocycles. The number of halogens is 2. The molecule has 1 aromatic carbocycles. The number of amides is 1. The van der Waals surface area contributed by atoms with Crippen LogP contribution in [-0.4, -0.2) is 49.1 Å². The molecular weight excluding hydrogens is 402 g/mol. The number of carbonyl (C=O) groups excluding carboxylic acids is 1. The Hall–Kier alpha value is -1.42. The van der Waals surface area contributed by atoms with E-state index in [2.05, 4.69) is 10.3 Å². The molecule has 1 aromatic rings. The summed E-state index contributed by atoms with van der Waals surface area (Å²) in [7, 11) is 0. The van der Waals surface area contributed by atoms with E-state index in [4.69, 9.17) is 10.5 Å². The van der Waals surface area contributed by atoms with Crippen LogP contribution in [0.5, 0.6) is 0 Å². The van der Waals surface area contributed by atoms with Gasteiger partial charge in [0.2, 0.25) is 5.91 Å². The summed E-state index contributed by atoms with van der Waals surface area (Å²) in [6, 6.07) is 5.69. The number of aliphatic imine (C=N–C) groups is 1. The fourth-order valence-electron chi connectivity index (χ4n) is 2.05. The van der Waals surface area contributed by atoms with E-state index in [1.54, 1.807) is 6.07 Å². The summed E-state index contributed by atoms with van der Waals surface area (Å²) in [5, 5.41) is 2.57. The third-order valence-electron chi connectivity index (χ3n) is 3.06. The number of carbonyl (C=O) groups is 1. The SMILES string of the molecule is CC1CN(C(N)=NCC(=O)Nc2cccc(F)c2)CCO1.I. The molecule has 22 heavy (non-hydrogen) atoms. The first-order valence-corrected chi connectivity index (χ1v) is 6.76. The zero-order valence-corrected chi connectivity index (χ0v) is 14.6. The van der Waals surface area contributed by atoms with Crippen LogP contribution in [0.3, 0.4) is 0 Å². The standard InChI is InChI=1S/C14H19FN4O2.HI/c1-10-9-19(5-6-21-10)14(16)17-8-13(20)18-12-4-2-3-11(15)7-12;/h2-4,7,10H,5-6,8-9H2,1H3,(H2,16,17)(H,18,20);1H. The van der Waals surface area contributed by atoms with E-state index in [1.165, 1.54) is 18.2 Å². The van der Waals surface area contributed by atoms with E-state index >= 15 is 0 Å². The molecule has 0 spiro atoms. The smallest absolute Gasteiger partial charge is 0.246 e. The van der Waals surface area contributed by atoms with E-state index in [0.717, 1.165) is 0 Å². The highest BCUT2D eigenvalue weighted by Gasteiger charge is 2.18. The van der Waals surface area contributed by atoms with E-state index in [-0.39, 0.29) is 42.5 Å². The Balaban J connectivity index is 0.00000242. The Morgan fingerprint density at radius 3 is 3.05 bits per heavy atom. The van der Waals surface area contributed by atoms with Crippen molar-refractivity contribution in [2.24, 2.45) is 10.7 Å². The molecule has 1 unspecified atom stereocenters. The predicted octanol–water partition coefficient (Wildman–Crippen LogP) is 1.42. The highest BCUT2D eigenvalue weighted by atomic mass is 127. The summed E-state index contributed by atoms with van der Waals surface area (Å²) >= 11 is 0. The lowest BCUT2D eigenvalue weighted by atomic mass is 10.3. The molecule has 0 bridgehead atoms. The highest BCUT2D eigenvalue weighted by molar-refractivity contribution is 14.0. The minimum atomic E-state index is -0.405. The number of anilines is 1. The maximum absolute atomic E-state index is 13.0. The molecule has 2 rings (SSSR count). The number of benzene rings is 1. The highest BCUT2D eigenvalue weighted by Crippen LogP contribution is 2.09. The Morgan fingerprint density at radius 1 is 1.59 bits per heavy atom. The van der Waals surface area contributed by atoms with Gasteiger partial charge in [0.15, 0.2) is 5.96 Å². The molecule has 122 valence electrons. The van der Waals surface area contributed by atoms with Gasteiger partial charge in [-0.2, -0.15) is 0 Å². The second-order valence-electron chi connectivity index (χ2n) is 4.86. The minimum absolute atomic E-state index is 0. The minimum Gasteiger partial charge on any atom is -0.375 e. The monoisotopic (exact) mass is 422 g/mol. The number of nitrogens with zero attached hydrogens (tertiary/aromatic N) is 2. The number of guanidine groups is 1. The van der Waals surface area contributed by atoms with Crippen molar-refractivity contribution < 1.29 is 13.9 Å². The van der Waals surface area contributed by atoms with Crippen molar-refractivity contribution in [2.75, 3.05) is 31.6 Å². The van der Waals surface area contributed by atoms with Crippen LogP contribution < -0.4 is 11.1 Å². The van der Waals surface area contributed by atoms with E-state index < -0.39 is 5.82 Å². The first kappa shape index (κ1) is 18.6. The number of rotatable bonds is 3. The molecule has 1 aliphatic heterocycles. The summed E-state index contributed by atoms with van der Waals surface area (Å²) in [5.41, 5.74) is 6.25. The van der Waals surface area contributed by atoms with Crippen molar-refractivity contribution >= 4 is 41.5 Å². The van der Waals surface area contributed by atoms with Gasteiger partial charge in [0.1, 0.15) is 12.4 Å². The Kier molecular flexibility index (Phi) is 7.52. The maximum atomic E-state index is 13.0. The van der Waals surface area contributed by atoms with Gasteiger partial charge in [-0.1, -0.05) is 6.07 Å². The average Bonchev–Trinajstić information content (AvgIpc) is 2.45. The van der Waals surface area contributed by atoms with E-state index in [1.807, 2.05) is 11.8 Å². The van der Waals surface area contributed by atoms with Crippen molar-refractivity contribution in [2.45, 2.75) is 13.0 Å². The van der Waals surface area contributed by atoms with Gasteiger partial charge < -0.3 is 20.7 Å². The molecule has 1 fully saturated rings. The van der Waals surface area contributed by atoms with Gasteiger partial charge in [0.25, 0.3) is 0 Å². The zero-order chi connectivity index (χ0) is 15.2. The van der Waals surface area contributed by atoms with Crippen molar-refractivity contribution in [3.05, 3.63) is 30.1 Å². The van der Waals surface area contributed by atoms with Gasteiger partial charge in [-0.15, -0.1) is 24.0 Å². The quantitative estimate of drug-likeness (QED) is 0.439. The molecule has 0 saturated carbocycles. The van der Waals surface area contributed by atoms with Crippen LogP contribution in [0.2, 0.25) is 0 Å². The van der Waals surface area contributed by atoms with Gasteiger partial charge >= 0.3 is 0 Å². The molecular formula is C14H20FIN4O2. The second kappa shape index (κ2) is 8.89. The van der Waals surface area contributed by atoms with Crippen molar-refractivity contribution in [3.8, 4) is 0 Å². The summed E-state index contributed by atoms with van der Waals surface area (Å²) in [4.78, 5) is 17.7. The fraction of sp³-hybridized carbons (Fsp3) is 0.429. The molecule has 1 heterocycles. The molecule has 0 aliphatic carbocycles. The van der Waals surface area contributed by atoms with Crippen LogP contribution in [0, 0.1) is 5.82 Å². The van der Waals surface area contributed by atoms with E-state index in [9.17, 15) is 9.18 Å². The number of morpholine rings is 1. The fourth-order valence-corrected chi connectivity index (χ4v) is 2.05. The second-order valence-corrected chi connectivity index (χ2v) is 4.86. The summed E-state index contributed by atoms with van der Waals surface area (Å²) in [6.07, 6.45) is 0.0913. The number of hydrogen-bond acceptors (Lipinski definition) is 3. The van der Waals surface area contributed by atoms with Crippen LogP contribution in [0.15, 0.2) is 29.3 Å². The summed E-state index contributed by atoms with van der Waals surface area (Å²) in [6.45, 7) is 3.75. The normalized spacial score (nSPS) is 18.5. The maximum Gasteiger partial charge on any atom is 0.246 e. The molecule has 0 aromatic heterocycles. The lowest BCUT2D eigenvalue weighted by Gasteiger charge is -2.31. The van der Waals surface area contributed by atoms with Crippen LogP contribution >= 0.6 is 24.0 Å². The molecule has 1 atom stereocenters. The molecule has 0 radical (unpaired) electrons. The largest absolute Gasteiger partial charge is 0.375 e. The van der Waals surface area contributed by atoms with E-state index in [0.29, 0.717) is 31.3 Å². The van der Waals surface area contributed by atoms with Crippen molar-refractivity contribution in [1.82, 2.24) is 4.90 Å². The van der Waals surface area contributed by atoms with Gasteiger partial charge in [0.05, 0.1) is 12.7 Å². The molecule has 3 N–H and O–H groups in total. The Bertz CT molecular complexity index is 541. The molecule has 8 heteroatoms. The number of ether oxygens (including phenoxy) is 1. The third kappa shape index (κ3) is 5.76. The van der Waals surface area contributed by atoms with Crippen LogP contribution in [0.4, 0.5) is 10.1 Å². The number of hydrogen-bond donors (Lipinski definition) is 2. The molecule has 1 amide bonds. The van der Waals surface area contributed by atoms with Crippen LogP contribution in [0.1, 0.15) is 6.92 Å². The number of nitrogens with two attached hydrogens (primary N) is 1. The Morgan fingerprint density at radius 2 is 2.36 bits per heavy atom. The van der Waals surface area contributed by atoms with Crippen LogP contribution in [-0.2, 0) is 9.53 Å². The first-order valence-electron chi connectivity index (χ1n) is 6.76. The topological polar surface area (TPSA) is 80.0 Å². The number of nitrogens with one attached hydrogen (secondary N) is 1. The predicted molar refractivity (Wildman–Crippen MR) is 93.9 cm³/mol. The lowest BCUT2D eigenvalue weighted by molar-refractivity contribution is -0.114. The Labute approximate surface area is 145 Å². The summed E-state index contributed by atoms with van der Waals surface area (Å²) < 4.78 is 18.4. The first-order chi connectivity index (χ1) is 10.0. The van der Waals surface area contributed by atoms with Crippen molar-refractivity contribution in [1.29, 1.82) is 0 Å². The molecule has 6 nitrogen and oxygen atoms in total.